The zero-order chi connectivity index (χ0) is 19.0. The van der Waals surface area contributed by atoms with Gasteiger partial charge in [0.15, 0.2) is 0 Å². The van der Waals surface area contributed by atoms with Crippen LogP contribution < -0.4 is 10.6 Å². The van der Waals surface area contributed by atoms with Gasteiger partial charge in [-0.15, -0.1) is 0 Å². The molecule has 0 saturated carbocycles. The predicted octanol–water partition coefficient (Wildman–Crippen LogP) is 3.53. The van der Waals surface area contributed by atoms with Crippen molar-refractivity contribution in [3.63, 3.8) is 0 Å². The minimum Gasteiger partial charge on any atom is -0.465 e. The standard InChI is InChI=1S/C20H18ClN3O3/c21-13-5-6-16-12(7-13)9-18(23-16)19(25)24-17-8-11-3-1-2-4-14(11)15(17)10-22-20(26)27/h1-7,9,15,17,22-23H,8,10H2,(H,24,25)(H,26,27)/t15-,17+/m0/s1. The summed E-state index contributed by atoms with van der Waals surface area (Å²) in [5, 5.41) is 15.9. The van der Waals surface area contributed by atoms with Gasteiger partial charge in [-0.05, 0) is 41.8 Å². The zero-order valence-corrected chi connectivity index (χ0v) is 15.1. The lowest BCUT2D eigenvalue weighted by Crippen LogP contribution is -2.41. The third-order valence-corrected chi connectivity index (χ3v) is 5.23. The molecule has 0 saturated heterocycles. The van der Waals surface area contributed by atoms with E-state index in [2.05, 4.69) is 15.6 Å². The molecule has 1 aliphatic carbocycles. The number of aromatic nitrogens is 1. The van der Waals surface area contributed by atoms with Gasteiger partial charge in [0.25, 0.3) is 5.91 Å². The van der Waals surface area contributed by atoms with Crippen LogP contribution in [-0.4, -0.2) is 34.7 Å². The highest BCUT2D eigenvalue weighted by molar-refractivity contribution is 6.31. The second-order valence-electron chi connectivity index (χ2n) is 6.69. The fraction of sp³-hybridized carbons (Fsp3) is 0.200. The average molecular weight is 384 g/mol. The Kier molecular flexibility index (Phi) is 4.49. The van der Waals surface area contributed by atoms with Crippen LogP contribution in [0.5, 0.6) is 0 Å². The van der Waals surface area contributed by atoms with Gasteiger partial charge in [-0.1, -0.05) is 35.9 Å². The molecule has 4 rings (SSSR count). The number of carbonyl (C=O) groups is 2. The van der Waals surface area contributed by atoms with Crippen LogP contribution in [0.4, 0.5) is 4.79 Å². The van der Waals surface area contributed by atoms with Crippen molar-refractivity contribution in [3.05, 3.63) is 70.4 Å². The number of rotatable bonds is 4. The Morgan fingerprint density at radius 1 is 1.19 bits per heavy atom. The molecule has 3 aromatic rings. The van der Waals surface area contributed by atoms with Gasteiger partial charge in [0.05, 0.1) is 0 Å². The summed E-state index contributed by atoms with van der Waals surface area (Å²) in [4.78, 5) is 26.8. The maximum atomic E-state index is 12.8. The van der Waals surface area contributed by atoms with Crippen molar-refractivity contribution < 1.29 is 14.7 Å². The minimum atomic E-state index is -1.07. The largest absolute Gasteiger partial charge is 0.465 e. The number of halogens is 1. The normalized spacial score (nSPS) is 18.3. The van der Waals surface area contributed by atoms with E-state index in [1.165, 1.54) is 0 Å². The third-order valence-electron chi connectivity index (χ3n) is 5.00. The third kappa shape index (κ3) is 3.48. The van der Waals surface area contributed by atoms with Crippen LogP contribution in [0.2, 0.25) is 5.02 Å². The zero-order valence-electron chi connectivity index (χ0n) is 14.3. The summed E-state index contributed by atoms with van der Waals surface area (Å²) >= 11 is 6.01. The first-order chi connectivity index (χ1) is 13.0. The highest BCUT2D eigenvalue weighted by atomic mass is 35.5. The molecule has 0 radical (unpaired) electrons. The predicted molar refractivity (Wildman–Crippen MR) is 103 cm³/mol. The Labute approximate surface area is 160 Å². The van der Waals surface area contributed by atoms with E-state index in [1.54, 1.807) is 18.2 Å². The molecule has 6 nitrogen and oxygen atoms in total. The van der Waals surface area contributed by atoms with Gasteiger partial charge >= 0.3 is 6.09 Å². The number of fused-ring (bicyclic) bond motifs is 2. The van der Waals surface area contributed by atoms with Crippen molar-refractivity contribution in [3.8, 4) is 0 Å². The smallest absolute Gasteiger partial charge is 0.404 e. The van der Waals surface area contributed by atoms with Gasteiger partial charge in [0, 0.05) is 34.4 Å². The Balaban J connectivity index is 1.56. The van der Waals surface area contributed by atoms with Crippen LogP contribution >= 0.6 is 11.6 Å². The van der Waals surface area contributed by atoms with Gasteiger partial charge < -0.3 is 20.7 Å². The Morgan fingerprint density at radius 3 is 2.81 bits per heavy atom. The molecule has 0 unspecified atom stereocenters. The minimum absolute atomic E-state index is 0.111. The lowest BCUT2D eigenvalue weighted by atomic mass is 9.98. The molecule has 2 atom stereocenters. The number of H-pyrrole nitrogens is 1. The molecule has 2 amide bonds. The highest BCUT2D eigenvalue weighted by Gasteiger charge is 2.33. The summed E-state index contributed by atoms with van der Waals surface area (Å²) in [6.45, 7) is 0.250. The molecule has 1 aromatic heterocycles. The second kappa shape index (κ2) is 6.96. The van der Waals surface area contributed by atoms with E-state index in [1.807, 2.05) is 30.3 Å². The Morgan fingerprint density at radius 2 is 2.00 bits per heavy atom. The second-order valence-corrected chi connectivity index (χ2v) is 7.13. The summed E-state index contributed by atoms with van der Waals surface area (Å²) in [7, 11) is 0. The molecule has 4 N–H and O–H groups in total. The topological polar surface area (TPSA) is 94.2 Å². The first-order valence-corrected chi connectivity index (χ1v) is 9.03. The lowest BCUT2D eigenvalue weighted by Gasteiger charge is -2.21. The summed E-state index contributed by atoms with van der Waals surface area (Å²) < 4.78 is 0. The summed E-state index contributed by atoms with van der Waals surface area (Å²) in [5.74, 6) is -0.333. The fourth-order valence-corrected chi connectivity index (χ4v) is 3.93. The maximum Gasteiger partial charge on any atom is 0.404 e. The van der Waals surface area contributed by atoms with Crippen molar-refractivity contribution in [2.75, 3.05) is 6.54 Å². The van der Waals surface area contributed by atoms with Crippen LogP contribution in [0.3, 0.4) is 0 Å². The van der Waals surface area contributed by atoms with Crippen molar-refractivity contribution in [2.24, 2.45) is 0 Å². The number of aromatic amines is 1. The molecule has 0 spiro atoms. The number of carbonyl (C=O) groups excluding carboxylic acids is 1. The first-order valence-electron chi connectivity index (χ1n) is 8.65. The van der Waals surface area contributed by atoms with Crippen LogP contribution in [0.25, 0.3) is 10.9 Å². The maximum absolute atomic E-state index is 12.8. The molecule has 0 aliphatic heterocycles. The number of amides is 2. The van der Waals surface area contributed by atoms with Crippen LogP contribution in [-0.2, 0) is 6.42 Å². The quantitative estimate of drug-likeness (QED) is 0.555. The number of benzene rings is 2. The Bertz CT molecular complexity index is 1030. The summed E-state index contributed by atoms with van der Waals surface area (Å²) in [6.07, 6.45) is -0.406. The molecule has 1 heterocycles. The fourth-order valence-electron chi connectivity index (χ4n) is 3.75. The summed E-state index contributed by atoms with van der Waals surface area (Å²) in [5.41, 5.74) is 3.49. The molecular formula is C20H18ClN3O3. The van der Waals surface area contributed by atoms with Crippen LogP contribution in [0.1, 0.15) is 27.5 Å². The average Bonchev–Trinajstić information content (AvgIpc) is 3.20. The number of carboxylic acid groups (broad SMARTS) is 1. The van der Waals surface area contributed by atoms with Crippen molar-refractivity contribution >= 4 is 34.5 Å². The molecule has 0 fully saturated rings. The van der Waals surface area contributed by atoms with Crippen LogP contribution in [0.15, 0.2) is 48.5 Å². The monoisotopic (exact) mass is 383 g/mol. The van der Waals surface area contributed by atoms with Gasteiger partial charge in [-0.25, -0.2) is 4.79 Å². The SMILES string of the molecule is O=C(O)NC[C@H]1c2ccccc2C[C@H]1NC(=O)c1cc2cc(Cl)ccc2[nH]1. The molecule has 0 bridgehead atoms. The van der Waals surface area contributed by atoms with Crippen molar-refractivity contribution in [1.29, 1.82) is 0 Å². The molecular weight excluding hydrogens is 366 g/mol. The van der Waals surface area contributed by atoms with Crippen molar-refractivity contribution in [1.82, 2.24) is 15.6 Å². The van der Waals surface area contributed by atoms with E-state index in [9.17, 15) is 9.59 Å². The van der Waals surface area contributed by atoms with E-state index in [0.717, 1.165) is 22.0 Å². The first kappa shape index (κ1) is 17.4. The van der Waals surface area contributed by atoms with E-state index < -0.39 is 6.09 Å². The van der Waals surface area contributed by atoms with Gasteiger partial charge in [-0.3, -0.25) is 4.79 Å². The molecule has 138 valence electrons. The van der Waals surface area contributed by atoms with Crippen LogP contribution in [0, 0.1) is 0 Å². The summed E-state index contributed by atoms with van der Waals surface area (Å²) in [6, 6.07) is 14.9. The lowest BCUT2D eigenvalue weighted by molar-refractivity contribution is 0.0929. The number of hydrogen-bond donors (Lipinski definition) is 4. The van der Waals surface area contributed by atoms with E-state index in [-0.39, 0.29) is 24.4 Å². The van der Waals surface area contributed by atoms with Gasteiger partial charge in [0.1, 0.15) is 5.69 Å². The van der Waals surface area contributed by atoms with Gasteiger partial charge in [0.2, 0.25) is 0 Å². The molecule has 2 aromatic carbocycles. The molecule has 27 heavy (non-hydrogen) atoms. The van der Waals surface area contributed by atoms with E-state index >= 15 is 0 Å². The van der Waals surface area contributed by atoms with Gasteiger partial charge in [-0.2, -0.15) is 0 Å². The molecule has 7 heteroatoms. The van der Waals surface area contributed by atoms with E-state index in [4.69, 9.17) is 16.7 Å². The number of hydrogen-bond acceptors (Lipinski definition) is 2. The van der Waals surface area contributed by atoms with Crippen molar-refractivity contribution in [2.45, 2.75) is 18.4 Å². The Hall–Kier alpha value is -2.99. The highest BCUT2D eigenvalue weighted by Crippen LogP contribution is 2.33. The molecule has 1 aliphatic rings. The number of nitrogens with one attached hydrogen (secondary N) is 3. The van der Waals surface area contributed by atoms with E-state index in [0.29, 0.717) is 17.1 Å².